The average Bonchev–Trinajstić information content (AvgIpc) is 3.07. The van der Waals surface area contributed by atoms with Gasteiger partial charge in [-0.15, -0.1) is 0 Å². The third-order valence-corrected chi connectivity index (χ3v) is 4.41. The summed E-state index contributed by atoms with van der Waals surface area (Å²) < 4.78 is 0. The van der Waals surface area contributed by atoms with E-state index in [-0.39, 0.29) is 5.91 Å². The number of phenolic OH excluding ortho intramolecular Hbond substituents is 1. The van der Waals surface area contributed by atoms with Crippen LogP contribution >= 0.6 is 0 Å². The number of nitrogens with one attached hydrogen (secondary N) is 1. The van der Waals surface area contributed by atoms with Gasteiger partial charge in [-0.2, -0.15) is 0 Å². The van der Waals surface area contributed by atoms with Gasteiger partial charge in [0.2, 0.25) is 0 Å². The summed E-state index contributed by atoms with van der Waals surface area (Å²) in [7, 11) is 0. The number of aromatic hydroxyl groups is 1. The largest absolute Gasteiger partial charge is 0.508 e. The van der Waals surface area contributed by atoms with Gasteiger partial charge < -0.3 is 15.0 Å². The molecule has 0 radical (unpaired) electrons. The van der Waals surface area contributed by atoms with E-state index in [1.807, 2.05) is 23.1 Å². The summed E-state index contributed by atoms with van der Waals surface area (Å²) in [4.78, 5) is 17.6. The maximum absolute atomic E-state index is 12.6. The van der Waals surface area contributed by atoms with Crippen molar-refractivity contribution >= 4 is 5.91 Å². The van der Waals surface area contributed by atoms with Crippen molar-refractivity contribution in [3.05, 3.63) is 53.9 Å². The second kappa shape index (κ2) is 6.69. The Bertz CT molecular complexity index is 622. The second-order valence-electron chi connectivity index (χ2n) is 5.96. The zero-order chi connectivity index (χ0) is 15.4. The van der Waals surface area contributed by atoms with E-state index in [1.165, 1.54) is 6.42 Å². The number of aryl methyl sites for hydroxylation is 1. The first kappa shape index (κ1) is 14.7. The van der Waals surface area contributed by atoms with E-state index < -0.39 is 0 Å². The Morgan fingerprint density at radius 3 is 3.00 bits per heavy atom. The number of likely N-dealkylation sites (tertiary alicyclic amines) is 1. The van der Waals surface area contributed by atoms with Crippen molar-refractivity contribution in [3.8, 4) is 5.75 Å². The number of hydrogen-bond donors (Lipinski definition) is 2. The van der Waals surface area contributed by atoms with Gasteiger partial charge in [0.25, 0.3) is 5.91 Å². The van der Waals surface area contributed by atoms with E-state index >= 15 is 0 Å². The Morgan fingerprint density at radius 1 is 1.32 bits per heavy atom. The highest BCUT2D eigenvalue weighted by Crippen LogP contribution is 2.24. The molecule has 116 valence electrons. The topological polar surface area (TPSA) is 56.3 Å². The summed E-state index contributed by atoms with van der Waals surface area (Å²) in [5.74, 6) is 0.434. The van der Waals surface area contributed by atoms with Crippen LogP contribution in [0, 0.1) is 0 Å². The van der Waals surface area contributed by atoms with Gasteiger partial charge in [0.05, 0.1) is 5.56 Å². The smallest absolute Gasteiger partial charge is 0.255 e. The summed E-state index contributed by atoms with van der Waals surface area (Å²) in [5.41, 5.74) is 1.86. The van der Waals surface area contributed by atoms with Crippen LogP contribution in [0.5, 0.6) is 5.75 Å². The molecule has 1 aromatic heterocycles. The Labute approximate surface area is 130 Å². The maximum Gasteiger partial charge on any atom is 0.255 e. The lowest BCUT2D eigenvalue weighted by Gasteiger charge is -2.36. The van der Waals surface area contributed by atoms with Crippen LogP contribution in [0.2, 0.25) is 0 Å². The number of H-pyrrole nitrogens is 1. The standard InChI is InChI=1S/C18H22N2O2/c21-17-6-3-4-14(12-17)7-8-16-5-1-2-11-20(16)18(22)15-9-10-19-13-15/h3-4,6,9-10,12-13,16,19,21H,1-2,5,7-8,11H2/t16-/m1/s1. The number of aromatic nitrogens is 1. The molecule has 1 fully saturated rings. The molecule has 2 heterocycles. The van der Waals surface area contributed by atoms with Crippen molar-refractivity contribution in [3.63, 3.8) is 0 Å². The maximum atomic E-state index is 12.6. The Hall–Kier alpha value is -2.23. The van der Waals surface area contributed by atoms with Crippen LogP contribution in [0.25, 0.3) is 0 Å². The molecule has 3 rings (SSSR count). The first-order valence-electron chi connectivity index (χ1n) is 7.96. The van der Waals surface area contributed by atoms with Crippen LogP contribution in [0.1, 0.15) is 41.6 Å². The zero-order valence-electron chi connectivity index (χ0n) is 12.7. The first-order chi connectivity index (χ1) is 10.7. The van der Waals surface area contributed by atoms with Gasteiger partial charge in [-0.1, -0.05) is 12.1 Å². The summed E-state index contributed by atoms with van der Waals surface area (Å²) in [5, 5.41) is 9.55. The van der Waals surface area contributed by atoms with E-state index in [0.717, 1.165) is 43.4 Å². The molecule has 4 nitrogen and oxygen atoms in total. The molecular formula is C18H22N2O2. The van der Waals surface area contributed by atoms with Crippen LogP contribution < -0.4 is 0 Å². The second-order valence-corrected chi connectivity index (χ2v) is 5.96. The number of carbonyl (C=O) groups is 1. The molecule has 0 aliphatic carbocycles. The number of rotatable bonds is 4. The molecule has 1 saturated heterocycles. The highest BCUT2D eigenvalue weighted by atomic mass is 16.3. The molecule has 2 N–H and O–H groups in total. The number of aromatic amines is 1. The number of phenols is 1. The lowest BCUT2D eigenvalue weighted by atomic mass is 9.95. The fraction of sp³-hybridized carbons (Fsp3) is 0.389. The number of benzene rings is 1. The van der Waals surface area contributed by atoms with Gasteiger partial charge in [-0.25, -0.2) is 0 Å². The molecule has 0 unspecified atom stereocenters. The van der Waals surface area contributed by atoms with Crippen LogP contribution in [0.4, 0.5) is 0 Å². The zero-order valence-corrected chi connectivity index (χ0v) is 12.7. The van der Waals surface area contributed by atoms with E-state index in [1.54, 1.807) is 24.5 Å². The minimum Gasteiger partial charge on any atom is -0.508 e. The SMILES string of the molecule is O=C(c1cc[nH]c1)N1CCCC[C@@H]1CCc1cccc(O)c1. The summed E-state index contributed by atoms with van der Waals surface area (Å²) in [6.07, 6.45) is 8.72. The molecule has 1 atom stereocenters. The van der Waals surface area contributed by atoms with Crippen molar-refractivity contribution in [2.24, 2.45) is 0 Å². The number of carbonyl (C=O) groups excluding carboxylic acids is 1. The van der Waals surface area contributed by atoms with Gasteiger partial charge >= 0.3 is 0 Å². The van der Waals surface area contributed by atoms with E-state index in [9.17, 15) is 9.90 Å². The van der Waals surface area contributed by atoms with Gasteiger partial charge in [0.1, 0.15) is 5.75 Å². The number of hydrogen-bond acceptors (Lipinski definition) is 2. The summed E-state index contributed by atoms with van der Waals surface area (Å²) in [6, 6.07) is 9.52. The van der Waals surface area contributed by atoms with Crippen molar-refractivity contribution in [1.29, 1.82) is 0 Å². The third-order valence-electron chi connectivity index (χ3n) is 4.41. The fourth-order valence-electron chi connectivity index (χ4n) is 3.24. The van der Waals surface area contributed by atoms with Crippen LogP contribution in [0.3, 0.4) is 0 Å². The molecule has 2 aromatic rings. The van der Waals surface area contributed by atoms with Crippen molar-refractivity contribution in [2.45, 2.75) is 38.1 Å². The van der Waals surface area contributed by atoms with Crippen molar-refractivity contribution in [1.82, 2.24) is 9.88 Å². The van der Waals surface area contributed by atoms with Gasteiger partial charge in [0.15, 0.2) is 0 Å². The van der Waals surface area contributed by atoms with E-state index in [2.05, 4.69) is 4.98 Å². The minimum absolute atomic E-state index is 0.127. The minimum atomic E-state index is 0.127. The highest BCUT2D eigenvalue weighted by Gasteiger charge is 2.27. The van der Waals surface area contributed by atoms with Gasteiger partial charge in [-0.05, 0) is 55.9 Å². The first-order valence-corrected chi connectivity index (χ1v) is 7.96. The van der Waals surface area contributed by atoms with Crippen LogP contribution in [-0.2, 0) is 6.42 Å². The molecule has 1 aromatic carbocycles. The number of piperidine rings is 1. The van der Waals surface area contributed by atoms with Gasteiger partial charge in [-0.3, -0.25) is 4.79 Å². The Balaban J connectivity index is 1.66. The Kier molecular flexibility index (Phi) is 4.47. The molecule has 0 bridgehead atoms. The molecule has 1 amide bonds. The monoisotopic (exact) mass is 298 g/mol. The average molecular weight is 298 g/mol. The Morgan fingerprint density at radius 2 is 2.23 bits per heavy atom. The molecule has 1 aliphatic rings. The van der Waals surface area contributed by atoms with Crippen LogP contribution in [-0.4, -0.2) is 33.5 Å². The third kappa shape index (κ3) is 3.32. The molecule has 4 heteroatoms. The number of amides is 1. The van der Waals surface area contributed by atoms with E-state index in [0.29, 0.717) is 11.8 Å². The normalized spacial score (nSPS) is 18.4. The van der Waals surface area contributed by atoms with Gasteiger partial charge in [0, 0.05) is 25.0 Å². The molecule has 0 spiro atoms. The molecular weight excluding hydrogens is 276 g/mol. The lowest BCUT2D eigenvalue weighted by Crippen LogP contribution is -2.43. The summed E-state index contributed by atoms with van der Waals surface area (Å²) >= 11 is 0. The molecule has 22 heavy (non-hydrogen) atoms. The number of nitrogens with zero attached hydrogens (tertiary/aromatic N) is 1. The quantitative estimate of drug-likeness (QED) is 0.909. The van der Waals surface area contributed by atoms with Crippen molar-refractivity contribution in [2.75, 3.05) is 6.54 Å². The van der Waals surface area contributed by atoms with Crippen LogP contribution in [0.15, 0.2) is 42.7 Å². The predicted octanol–water partition coefficient (Wildman–Crippen LogP) is 3.35. The highest BCUT2D eigenvalue weighted by molar-refractivity contribution is 5.94. The predicted molar refractivity (Wildman–Crippen MR) is 85.9 cm³/mol. The lowest BCUT2D eigenvalue weighted by molar-refractivity contribution is 0.0602. The van der Waals surface area contributed by atoms with E-state index in [4.69, 9.17) is 0 Å². The summed E-state index contributed by atoms with van der Waals surface area (Å²) in [6.45, 7) is 0.842. The molecule has 1 aliphatic heterocycles. The van der Waals surface area contributed by atoms with Crippen molar-refractivity contribution < 1.29 is 9.90 Å². The fourth-order valence-corrected chi connectivity index (χ4v) is 3.24. The molecule has 0 saturated carbocycles.